The number of aliphatic hydroxyl groups is 1. The molecule has 0 spiro atoms. The maximum Gasteiger partial charge on any atom is 0.0771 e. The molecule has 0 saturated heterocycles. The monoisotopic (exact) mass is 221 g/mol. The second-order valence-corrected chi connectivity index (χ2v) is 6.19. The Morgan fingerprint density at radius 2 is 2.19 bits per heavy atom. The molecular weight excluding hydrogens is 198 g/mol. The Morgan fingerprint density at radius 1 is 1.38 bits per heavy atom. The summed E-state index contributed by atoms with van der Waals surface area (Å²) in [6.45, 7) is 3.09. The first-order valence-electron chi connectivity index (χ1n) is 6.80. The summed E-state index contributed by atoms with van der Waals surface area (Å²) in [6, 6.07) is 0.560. The van der Waals surface area contributed by atoms with Crippen molar-refractivity contribution in [3.8, 4) is 0 Å². The molecule has 0 aliphatic heterocycles. The van der Waals surface area contributed by atoms with Crippen LogP contribution >= 0.6 is 0 Å². The van der Waals surface area contributed by atoms with Crippen LogP contribution in [0.15, 0.2) is 12.2 Å². The van der Waals surface area contributed by atoms with E-state index < -0.39 is 0 Å². The molecule has 4 atom stereocenters. The third kappa shape index (κ3) is 1.82. The van der Waals surface area contributed by atoms with Crippen LogP contribution in [-0.2, 0) is 0 Å². The maximum absolute atomic E-state index is 10.1. The summed E-state index contributed by atoms with van der Waals surface area (Å²) in [7, 11) is 0. The number of fused-ring (bicyclic) bond motifs is 2. The van der Waals surface area contributed by atoms with Crippen molar-refractivity contribution in [1.82, 2.24) is 5.32 Å². The molecule has 2 N–H and O–H groups in total. The Kier molecular flexibility index (Phi) is 2.60. The first kappa shape index (κ1) is 10.8. The van der Waals surface area contributed by atoms with E-state index in [1.807, 2.05) is 0 Å². The van der Waals surface area contributed by atoms with Crippen LogP contribution in [0.2, 0.25) is 0 Å². The molecule has 3 rings (SSSR count). The van der Waals surface area contributed by atoms with E-state index in [0.717, 1.165) is 37.1 Å². The molecule has 0 aromatic rings. The molecule has 2 bridgehead atoms. The summed E-state index contributed by atoms with van der Waals surface area (Å²) in [6.07, 6.45) is 10.7. The van der Waals surface area contributed by atoms with Crippen molar-refractivity contribution in [2.45, 2.75) is 50.7 Å². The van der Waals surface area contributed by atoms with E-state index in [9.17, 15) is 5.11 Å². The second kappa shape index (κ2) is 3.85. The van der Waals surface area contributed by atoms with Crippen molar-refractivity contribution in [2.75, 3.05) is 6.54 Å². The Labute approximate surface area is 98.1 Å². The molecule has 2 saturated carbocycles. The van der Waals surface area contributed by atoms with Gasteiger partial charge in [0.2, 0.25) is 0 Å². The Balaban J connectivity index is 1.50. The molecule has 16 heavy (non-hydrogen) atoms. The smallest absolute Gasteiger partial charge is 0.0771 e. The quantitative estimate of drug-likeness (QED) is 0.713. The molecule has 0 aromatic heterocycles. The lowest BCUT2D eigenvalue weighted by molar-refractivity contribution is -0.0343. The van der Waals surface area contributed by atoms with Gasteiger partial charge >= 0.3 is 0 Å². The van der Waals surface area contributed by atoms with E-state index >= 15 is 0 Å². The molecule has 2 fully saturated rings. The fourth-order valence-electron chi connectivity index (χ4n) is 3.66. The van der Waals surface area contributed by atoms with Crippen molar-refractivity contribution in [3.63, 3.8) is 0 Å². The fraction of sp³-hybridized carbons (Fsp3) is 0.857. The summed E-state index contributed by atoms with van der Waals surface area (Å²) in [5.74, 6) is 2.47. The van der Waals surface area contributed by atoms with Gasteiger partial charge in [0.1, 0.15) is 0 Å². The fourth-order valence-corrected chi connectivity index (χ4v) is 3.66. The van der Waals surface area contributed by atoms with E-state index in [1.165, 1.54) is 19.3 Å². The van der Waals surface area contributed by atoms with Gasteiger partial charge in [0.05, 0.1) is 5.60 Å². The molecule has 0 amide bonds. The van der Waals surface area contributed by atoms with Crippen molar-refractivity contribution in [3.05, 3.63) is 12.2 Å². The van der Waals surface area contributed by atoms with Gasteiger partial charge in [-0.25, -0.2) is 0 Å². The largest absolute Gasteiger partial charge is 0.389 e. The van der Waals surface area contributed by atoms with Gasteiger partial charge in [-0.2, -0.15) is 0 Å². The van der Waals surface area contributed by atoms with Crippen molar-refractivity contribution >= 4 is 0 Å². The van der Waals surface area contributed by atoms with Crippen molar-refractivity contribution in [2.24, 2.45) is 17.8 Å². The second-order valence-electron chi connectivity index (χ2n) is 6.19. The highest BCUT2D eigenvalue weighted by molar-refractivity contribution is 5.11. The Hall–Kier alpha value is -0.340. The van der Waals surface area contributed by atoms with E-state index in [4.69, 9.17) is 0 Å². The average molecular weight is 221 g/mol. The van der Waals surface area contributed by atoms with Gasteiger partial charge in [-0.3, -0.25) is 0 Å². The number of nitrogens with one attached hydrogen (secondary N) is 1. The number of allylic oxidation sites excluding steroid dienone is 2. The van der Waals surface area contributed by atoms with Gasteiger partial charge in [-0.1, -0.05) is 12.2 Å². The number of hydrogen-bond acceptors (Lipinski definition) is 2. The first-order valence-corrected chi connectivity index (χ1v) is 6.80. The predicted molar refractivity (Wildman–Crippen MR) is 65.1 cm³/mol. The molecule has 4 unspecified atom stereocenters. The van der Waals surface area contributed by atoms with Gasteiger partial charge < -0.3 is 10.4 Å². The average Bonchev–Trinajstić information content (AvgIpc) is 2.84. The molecule has 0 heterocycles. The zero-order valence-corrected chi connectivity index (χ0v) is 10.2. The Bertz CT molecular complexity index is 295. The van der Waals surface area contributed by atoms with E-state index in [0.29, 0.717) is 6.04 Å². The van der Waals surface area contributed by atoms with E-state index in [-0.39, 0.29) is 5.60 Å². The van der Waals surface area contributed by atoms with Crippen LogP contribution in [0, 0.1) is 17.8 Å². The van der Waals surface area contributed by atoms with Crippen LogP contribution < -0.4 is 5.32 Å². The minimum Gasteiger partial charge on any atom is -0.389 e. The van der Waals surface area contributed by atoms with Gasteiger partial charge in [-0.15, -0.1) is 0 Å². The lowest BCUT2D eigenvalue weighted by Crippen LogP contribution is -2.50. The van der Waals surface area contributed by atoms with Crippen LogP contribution in [0.4, 0.5) is 0 Å². The topological polar surface area (TPSA) is 32.3 Å². The van der Waals surface area contributed by atoms with Gasteiger partial charge in [0, 0.05) is 12.6 Å². The minimum atomic E-state index is -0.373. The van der Waals surface area contributed by atoms with Crippen molar-refractivity contribution in [1.29, 1.82) is 0 Å². The highest BCUT2D eigenvalue weighted by atomic mass is 16.3. The van der Waals surface area contributed by atoms with Gasteiger partial charge in [0.15, 0.2) is 0 Å². The molecule has 2 heteroatoms. The zero-order valence-electron chi connectivity index (χ0n) is 10.2. The third-order valence-electron chi connectivity index (χ3n) is 5.01. The SMILES string of the molecule is CC(NCC1(O)CCC1)C1CC2C=CC1C2. The highest BCUT2D eigenvalue weighted by Gasteiger charge is 2.40. The van der Waals surface area contributed by atoms with E-state index in [2.05, 4.69) is 24.4 Å². The minimum absolute atomic E-state index is 0.373. The lowest BCUT2D eigenvalue weighted by atomic mass is 9.79. The summed E-state index contributed by atoms with van der Waals surface area (Å²) < 4.78 is 0. The number of rotatable bonds is 4. The van der Waals surface area contributed by atoms with Crippen LogP contribution in [0.5, 0.6) is 0 Å². The van der Waals surface area contributed by atoms with Crippen LogP contribution in [-0.4, -0.2) is 23.3 Å². The summed E-state index contributed by atoms with van der Waals surface area (Å²) >= 11 is 0. The Morgan fingerprint density at radius 3 is 2.69 bits per heavy atom. The van der Waals surface area contributed by atoms with E-state index in [1.54, 1.807) is 0 Å². The van der Waals surface area contributed by atoms with Crippen LogP contribution in [0.25, 0.3) is 0 Å². The molecule has 0 aromatic carbocycles. The first-order chi connectivity index (χ1) is 7.66. The van der Waals surface area contributed by atoms with Gasteiger partial charge in [0.25, 0.3) is 0 Å². The highest BCUT2D eigenvalue weighted by Crippen LogP contribution is 2.45. The normalized spacial score (nSPS) is 41.0. The predicted octanol–water partition coefficient (Wildman–Crippen LogP) is 2.09. The van der Waals surface area contributed by atoms with Crippen molar-refractivity contribution < 1.29 is 5.11 Å². The molecule has 0 radical (unpaired) electrons. The molecule has 3 aliphatic carbocycles. The van der Waals surface area contributed by atoms with Crippen LogP contribution in [0.3, 0.4) is 0 Å². The summed E-state index contributed by atoms with van der Waals surface area (Å²) in [4.78, 5) is 0. The summed E-state index contributed by atoms with van der Waals surface area (Å²) in [5, 5.41) is 13.6. The summed E-state index contributed by atoms with van der Waals surface area (Å²) in [5.41, 5.74) is -0.373. The number of hydrogen-bond donors (Lipinski definition) is 2. The van der Waals surface area contributed by atoms with Crippen LogP contribution in [0.1, 0.15) is 39.0 Å². The zero-order chi connectivity index (χ0) is 11.2. The van der Waals surface area contributed by atoms with Gasteiger partial charge in [-0.05, 0) is 56.8 Å². The standard InChI is InChI=1S/C14H23NO/c1-10(15-9-14(16)5-2-6-14)13-8-11-3-4-12(13)7-11/h3-4,10-13,15-16H,2,5-9H2,1H3. The molecule has 2 nitrogen and oxygen atoms in total. The third-order valence-corrected chi connectivity index (χ3v) is 5.01. The molecule has 3 aliphatic rings. The lowest BCUT2D eigenvalue weighted by Gasteiger charge is -2.38. The maximum atomic E-state index is 10.1. The molecular formula is C14H23NO. The molecule has 90 valence electrons.